The van der Waals surface area contributed by atoms with E-state index < -0.39 is 11.6 Å². The molecular weight excluding hydrogens is 332 g/mol. The van der Waals surface area contributed by atoms with E-state index in [-0.39, 0.29) is 10.5 Å². The summed E-state index contributed by atoms with van der Waals surface area (Å²) in [5.41, 5.74) is 1.30. The number of hydrogen-bond donors (Lipinski definition) is 1. The zero-order chi connectivity index (χ0) is 13.8. The first-order valence-corrected chi connectivity index (χ1v) is 7.77. The second-order valence-electron chi connectivity index (χ2n) is 4.23. The van der Waals surface area contributed by atoms with Crippen LogP contribution < -0.4 is 5.32 Å². The number of thiophene rings is 1. The molecule has 0 radical (unpaired) electrons. The molecule has 0 spiro atoms. The van der Waals surface area contributed by atoms with E-state index in [4.69, 9.17) is 0 Å². The highest BCUT2D eigenvalue weighted by Crippen LogP contribution is 2.29. The van der Waals surface area contributed by atoms with Crippen LogP contribution in [0.1, 0.15) is 30.5 Å². The Balaban J connectivity index is 2.40. The fraction of sp³-hybridized carbons (Fsp3) is 0.286. The van der Waals surface area contributed by atoms with Gasteiger partial charge in [0.15, 0.2) is 0 Å². The largest absolute Gasteiger partial charge is 0.306 e. The fourth-order valence-corrected chi connectivity index (χ4v) is 2.90. The van der Waals surface area contributed by atoms with Crippen molar-refractivity contribution in [2.75, 3.05) is 6.54 Å². The van der Waals surface area contributed by atoms with Gasteiger partial charge in [0.05, 0.1) is 10.5 Å². The molecule has 0 saturated carbocycles. The maximum absolute atomic E-state index is 14.1. The second kappa shape index (κ2) is 6.59. The van der Waals surface area contributed by atoms with Crippen LogP contribution in [0, 0.1) is 11.6 Å². The van der Waals surface area contributed by atoms with Crippen molar-refractivity contribution in [2.24, 2.45) is 0 Å². The molecule has 0 aliphatic heterocycles. The average molecular weight is 346 g/mol. The molecule has 1 aromatic carbocycles. The molecule has 1 N–H and O–H groups in total. The normalized spacial score (nSPS) is 12.6. The zero-order valence-electron chi connectivity index (χ0n) is 10.4. The van der Waals surface area contributed by atoms with Crippen LogP contribution in [0.4, 0.5) is 8.78 Å². The number of hydrogen-bond acceptors (Lipinski definition) is 2. The molecule has 2 rings (SSSR count). The molecule has 1 nitrogen and oxygen atoms in total. The number of halogens is 3. The van der Waals surface area contributed by atoms with Crippen LogP contribution >= 0.6 is 27.3 Å². The fourth-order valence-electron chi connectivity index (χ4n) is 1.89. The molecule has 1 unspecified atom stereocenters. The summed E-state index contributed by atoms with van der Waals surface area (Å²) in [6.07, 6.45) is 0.932. The Morgan fingerprint density at radius 1 is 1.32 bits per heavy atom. The molecule has 5 heteroatoms. The quantitative estimate of drug-likeness (QED) is 0.761. The van der Waals surface area contributed by atoms with E-state index >= 15 is 0 Å². The molecular formula is C14H14BrF2NS. The monoisotopic (exact) mass is 345 g/mol. The van der Waals surface area contributed by atoms with Gasteiger partial charge in [-0.1, -0.05) is 6.92 Å². The summed E-state index contributed by atoms with van der Waals surface area (Å²) in [5, 5.41) is 7.15. The van der Waals surface area contributed by atoms with Gasteiger partial charge in [-0.05, 0) is 63.4 Å². The molecule has 0 fully saturated rings. The standard InChI is InChI=1S/C14H14BrF2NS/c1-2-4-18-14(9-3-5-19-8-9)10-6-13(17)11(15)7-12(10)16/h3,5-8,14,18H,2,4H2,1H3. The first-order valence-electron chi connectivity index (χ1n) is 6.03. The lowest BCUT2D eigenvalue weighted by molar-refractivity contribution is 0.533. The van der Waals surface area contributed by atoms with Crippen LogP contribution in [-0.4, -0.2) is 6.54 Å². The SMILES string of the molecule is CCCNC(c1ccsc1)c1cc(F)c(Br)cc1F. The predicted molar refractivity (Wildman–Crippen MR) is 78.5 cm³/mol. The molecule has 102 valence electrons. The minimum atomic E-state index is -0.449. The summed E-state index contributed by atoms with van der Waals surface area (Å²) in [7, 11) is 0. The second-order valence-corrected chi connectivity index (χ2v) is 5.87. The molecule has 0 aliphatic carbocycles. The number of rotatable bonds is 5. The van der Waals surface area contributed by atoms with E-state index in [0.29, 0.717) is 5.56 Å². The third-order valence-electron chi connectivity index (χ3n) is 2.83. The van der Waals surface area contributed by atoms with Crippen LogP contribution in [0.3, 0.4) is 0 Å². The van der Waals surface area contributed by atoms with Crippen molar-refractivity contribution in [1.29, 1.82) is 0 Å². The van der Waals surface area contributed by atoms with Gasteiger partial charge in [0.2, 0.25) is 0 Å². The van der Waals surface area contributed by atoms with Crippen molar-refractivity contribution in [3.63, 3.8) is 0 Å². The molecule has 0 bridgehead atoms. The number of nitrogens with one attached hydrogen (secondary N) is 1. The van der Waals surface area contributed by atoms with Crippen molar-refractivity contribution >= 4 is 27.3 Å². The van der Waals surface area contributed by atoms with Crippen molar-refractivity contribution in [3.8, 4) is 0 Å². The van der Waals surface area contributed by atoms with Gasteiger partial charge >= 0.3 is 0 Å². The lowest BCUT2D eigenvalue weighted by Gasteiger charge is -2.19. The van der Waals surface area contributed by atoms with Gasteiger partial charge in [-0.15, -0.1) is 0 Å². The lowest BCUT2D eigenvalue weighted by Crippen LogP contribution is -2.24. The van der Waals surface area contributed by atoms with Gasteiger partial charge in [0.25, 0.3) is 0 Å². The third-order valence-corrected chi connectivity index (χ3v) is 4.13. The molecule has 1 aromatic heterocycles. The molecule has 0 amide bonds. The summed E-state index contributed by atoms with van der Waals surface area (Å²) < 4.78 is 27.9. The summed E-state index contributed by atoms with van der Waals surface area (Å²) in [6, 6.07) is 4.05. The zero-order valence-corrected chi connectivity index (χ0v) is 12.8. The Morgan fingerprint density at radius 2 is 2.11 bits per heavy atom. The molecule has 1 heterocycles. The number of benzene rings is 1. The smallest absolute Gasteiger partial charge is 0.137 e. The summed E-state index contributed by atoms with van der Waals surface area (Å²) in [6.45, 7) is 2.79. The van der Waals surface area contributed by atoms with Crippen molar-refractivity contribution in [2.45, 2.75) is 19.4 Å². The van der Waals surface area contributed by atoms with E-state index in [1.165, 1.54) is 12.1 Å². The lowest BCUT2D eigenvalue weighted by atomic mass is 10.0. The van der Waals surface area contributed by atoms with Crippen LogP contribution in [0.15, 0.2) is 33.4 Å². The Morgan fingerprint density at radius 3 is 2.74 bits per heavy atom. The molecule has 0 saturated heterocycles. The highest BCUT2D eigenvalue weighted by molar-refractivity contribution is 9.10. The molecule has 0 aliphatic rings. The van der Waals surface area contributed by atoms with Crippen molar-refractivity contribution < 1.29 is 8.78 Å². The minimum absolute atomic E-state index is 0.147. The van der Waals surface area contributed by atoms with Crippen molar-refractivity contribution in [1.82, 2.24) is 5.32 Å². The van der Waals surface area contributed by atoms with E-state index in [9.17, 15) is 8.78 Å². The Hall–Kier alpha value is -0.780. The first-order chi connectivity index (χ1) is 9.13. The van der Waals surface area contributed by atoms with E-state index in [1.807, 2.05) is 23.8 Å². The van der Waals surface area contributed by atoms with Gasteiger partial charge in [-0.2, -0.15) is 11.3 Å². The van der Waals surface area contributed by atoms with Gasteiger partial charge in [-0.25, -0.2) is 8.78 Å². The Kier molecular flexibility index (Phi) is 5.07. The summed E-state index contributed by atoms with van der Waals surface area (Å²) in [4.78, 5) is 0. The Bertz CT molecular complexity index is 543. The van der Waals surface area contributed by atoms with Gasteiger partial charge in [-0.3, -0.25) is 0 Å². The highest BCUT2D eigenvalue weighted by atomic mass is 79.9. The molecule has 19 heavy (non-hydrogen) atoms. The summed E-state index contributed by atoms with van der Waals surface area (Å²) >= 11 is 4.54. The maximum atomic E-state index is 14.1. The topological polar surface area (TPSA) is 12.0 Å². The first kappa shape index (κ1) is 14.6. The Labute approximate surface area is 123 Å². The molecule has 1 atom stereocenters. The summed E-state index contributed by atoms with van der Waals surface area (Å²) in [5.74, 6) is -0.858. The van der Waals surface area contributed by atoms with E-state index in [0.717, 1.165) is 18.5 Å². The minimum Gasteiger partial charge on any atom is -0.306 e. The van der Waals surface area contributed by atoms with E-state index in [1.54, 1.807) is 11.3 Å². The van der Waals surface area contributed by atoms with Gasteiger partial charge in [0.1, 0.15) is 11.6 Å². The molecule has 2 aromatic rings. The van der Waals surface area contributed by atoms with Crippen LogP contribution in [0.25, 0.3) is 0 Å². The van der Waals surface area contributed by atoms with Crippen LogP contribution in [0.5, 0.6) is 0 Å². The van der Waals surface area contributed by atoms with Crippen molar-refractivity contribution in [3.05, 3.63) is 56.2 Å². The predicted octanol–water partition coefficient (Wildman–Crippen LogP) is 4.88. The van der Waals surface area contributed by atoms with Crippen LogP contribution in [-0.2, 0) is 0 Å². The average Bonchev–Trinajstić information content (AvgIpc) is 2.89. The third kappa shape index (κ3) is 3.41. The van der Waals surface area contributed by atoms with E-state index in [2.05, 4.69) is 21.2 Å². The van der Waals surface area contributed by atoms with Gasteiger partial charge in [0, 0.05) is 5.56 Å². The highest BCUT2D eigenvalue weighted by Gasteiger charge is 2.19. The van der Waals surface area contributed by atoms with Crippen LogP contribution in [0.2, 0.25) is 0 Å². The van der Waals surface area contributed by atoms with Gasteiger partial charge < -0.3 is 5.32 Å². The maximum Gasteiger partial charge on any atom is 0.137 e.